The summed E-state index contributed by atoms with van der Waals surface area (Å²) < 4.78 is 23.1. The molecule has 0 radical (unpaired) electrons. The number of sulfonamides is 1. The lowest BCUT2D eigenvalue weighted by Gasteiger charge is -1.99. The third kappa shape index (κ3) is 1.78. The van der Waals surface area contributed by atoms with E-state index in [1.165, 1.54) is 17.4 Å². The molecule has 0 unspecified atom stereocenters. The first-order chi connectivity index (χ1) is 6.07. The molecule has 4 nitrogen and oxygen atoms in total. The number of rotatable bonds is 1. The third-order valence-electron chi connectivity index (χ3n) is 1.46. The zero-order chi connectivity index (χ0) is 9.47. The Morgan fingerprint density at radius 2 is 2.31 bits per heavy atom. The van der Waals surface area contributed by atoms with Gasteiger partial charge in [0, 0.05) is 12.0 Å². The highest BCUT2D eigenvalue weighted by Crippen LogP contribution is 2.41. The van der Waals surface area contributed by atoms with Crippen molar-refractivity contribution >= 4 is 45.0 Å². The van der Waals surface area contributed by atoms with Crippen molar-refractivity contribution in [2.45, 2.75) is 8.42 Å². The van der Waals surface area contributed by atoms with Gasteiger partial charge in [-0.25, -0.2) is 13.6 Å². The van der Waals surface area contributed by atoms with Gasteiger partial charge in [-0.15, -0.1) is 23.1 Å². The van der Waals surface area contributed by atoms with Crippen LogP contribution in [-0.2, 0) is 10.0 Å². The molecule has 0 aromatic carbocycles. The molecule has 1 aromatic rings. The first kappa shape index (κ1) is 9.20. The van der Waals surface area contributed by atoms with E-state index in [1.807, 2.05) is 0 Å². The van der Waals surface area contributed by atoms with Crippen LogP contribution in [0.15, 0.2) is 19.5 Å². The Kier molecular flexibility index (Phi) is 2.18. The summed E-state index contributed by atoms with van der Waals surface area (Å²) in [6.07, 6.45) is 1.76. The normalized spacial score (nSPS) is 15.8. The number of hydrogen-bond donors (Lipinski definition) is 1. The van der Waals surface area contributed by atoms with E-state index in [-0.39, 0.29) is 4.21 Å². The molecule has 1 aromatic heterocycles. The number of thiophene rings is 1. The van der Waals surface area contributed by atoms with Gasteiger partial charge < -0.3 is 0 Å². The first-order valence-electron chi connectivity index (χ1n) is 3.39. The SMILES string of the molecule is NS(=O)(=O)c1cc2c(s1)SCC=N2. The molecule has 0 amide bonds. The summed E-state index contributed by atoms with van der Waals surface area (Å²) in [7, 11) is -3.57. The van der Waals surface area contributed by atoms with Crippen LogP contribution in [0.3, 0.4) is 0 Å². The van der Waals surface area contributed by atoms with Gasteiger partial charge >= 0.3 is 0 Å². The molecule has 0 bridgehead atoms. The van der Waals surface area contributed by atoms with Crippen molar-refractivity contribution in [2.24, 2.45) is 10.1 Å². The second kappa shape index (κ2) is 3.09. The molecule has 0 saturated heterocycles. The Morgan fingerprint density at radius 3 is 2.92 bits per heavy atom. The zero-order valence-electron chi connectivity index (χ0n) is 6.43. The second-order valence-electron chi connectivity index (χ2n) is 2.41. The van der Waals surface area contributed by atoms with Crippen LogP contribution >= 0.6 is 23.1 Å². The van der Waals surface area contributed by atoms with Crippen molar-refractivity contribution in [3.8, 4) is 0 Å². The Hall–Kier alpha value is -0.370. The van der Waals surface area contributed by atoms with Crippen molar-refractivity contribution in [2.75, 3.05) is 5.75 Å². The van der Waals surface area contributed by atoms with E-state index in [9.17, 15) is 8.42 Å². The average molecular weight is 234 g/mol. The molecule has 0 atom stereocenters. The minimum atomic E-state index is -3.57. The fourth-order valence-electron chi connectivity index (χ4n) is 0.926. The van der Waals surface area contributed by atoms with E-state index >= 15 is 0 Å². The highest BCUT2D eigenvalue weighted by Gasteiger charge is 2.17. The Labute approximate surface area is 83.9 Å². The van der Waals surface area contributed by atoms with Crippen LogP contribution in [-0.4, -0.2) is 20.4 Å². The minimum Gasteiger partial charge on any atom is -0.258 e. The molecule has 0 fully saturated rings. The van der Waals surface area contributed by atoms with Crippen molar-refractivity contribution in [3.63, 3.8) is 0 Å². The molecule has 1 aliphatic heterocycles. The van der Waals surface area contributed by atoms with Crippen LogP contribution in [0.25, 0.3) is 0 Å². The van der Waals surface area contributed by atoms with E-state index in [0.717, 1.165) is 9.96 Å². The maximum atomic E-state index is 11.0. The fraction of sp³-hybridized carbons (Fsp3) is 0.167. The van der Waals surface area contributed by atoms with Gasteiger partial charge in [-0.05, 0) is 6.07 Å². The Morgan fingerprint density at radius 1 is 1.54 bits per heavy atom. The van der Waals surface area contributed by atoms with E-state index in [1.54, 1.807) is 18.0 Å². The van der Waals surface area contributed by atoms with Crippen molar-refractivity contribution in [1.29, 1.82) is 0 Å². The average Bonchev–Trinajstić information content (AvgIpc) is 2.45. The fourth-order valence-corrected chi connectivity index (χ4v) is 3.91. The molecule has 1 aliphatic rings. The van der Waals surface area contributed by atoms with Gasteiger partial charge in [-0.2, -0.15) is 0 Å². The van der Waals surface area contributed by atoms with Gasteiger partial charge in [0.05, 0.1) is 9.90 Å². The summed E-state index contributed by atoms with van der Waals surface area (Å²) in [4.78, 5) is 4.07. The summed E-state index contributed by atoms with van der Waals surface area (Å²) >= 11 is 2.75. The summed E-state index contributed by atoms with van der Waals surface area (Å²) in [5.41, 5.74) is 0.713. The number of thioether (sulfide) groups is 1. The highest BCUT2D eigenvalue weighted by atomic mass is 32.3. The quantitative estimate of drug-likeness (QED) is 0.793. The summed E-state index contributed by atoms with van der Waals surface area (Å²) in [5.74, 6) is 0.789. The topological polar surface area (TPSA) is 72.5 Å². The third-order valence-corrected chi connectivity index (χ3v) is 5.19. The van der Waals surface area contributed by atoms with Crippen LogP contribution in [0.4, 0.5) is 5.69 Å². The Balaban J connectivity index is 2.55. The largest absolute Gasteiger partial charge is 0.258 e. The molecule has 0 spiro atoms. The first-order valence-corrected chi connectivity index (χ1v) is 6.74. The monoisotopic (exact) mass is 234 g/mol. The van der Waals surface area contributed by atoms with E-state index in [4.69, 9.17) is 5.14 Å². The summed E-state index contributed by atoms with van der Waals surface area (Å²) in [5, 5.41) is 4.99. The molecule has 0 saturated carbocycles. The molecule has 2 rings (SSSR count). The van der Waals surface area contributed by atoms with Crippen LogP contribution in [0, 0.1) is 0 Å². The van der Waals surface area contributed by atoms with Crippen molar-refractivity contribution < 1.29 is 8.42 Å². The maximum absolute atomic E-state index is 11.0. The van der Waals surface area contributed by atoms with Crippen molar-refractivity contribution in [1.82, 2.24) is 0 Å². The second-order valence-corrected chi connectivity index (χ2v) is 6.53. The molecular formula is C6H6N2O2S3. The lowest BCUT2D eigenvalue weighted by molar-refractivity contribution is 0.600. The number of nitrogens with zero attached hydrogens (tertiary/aromatic N) is 1. The molecule has 70 valence electrons. The minimum absolute atomic E-state index is 0.184. The van der Waals surface area contributed by atoms with Crippen LogP contribution < -0.4 is 5.14 Å². The number of aliphatic imine (C=N–C) groups is 1. The molecule has 13 heavy (non-hydrogen) atoms. The van der Waals surface area contributed by atoms with Gasteiger partial charge in [0.15, 0.2) is 0 Å². The number of hydrogen-bond acceptors (Lipinski definition) is 5. The molecule has 2 heterocycles. The van der Waals surface area contributed by atoms with E-state index < -0.39 is 10.0 Å². The van der Waals surface area contributed by atoms with Gasteiger partial charge in [-0.3, -0.25) is 4.99 Å². The zero-order valence-corrected chi connectivity index (χ0v) is 8.88. The standard InChI is InChI=1S/C6H6N2O2S3/c7-13(9,10)5-3-4-6(12-5)11-2-1-8-4/h1,3H,2H2,(H2,7,9,10). The van der Waals surface area contributed by atoms with Gasteiger partial charge in [0.1, 0.15) is 4.21 Å². The van der Waals surface area contributed by atoms with Crippen LogP contribution in [0.5, 0.6) is 0 Å². The predicted molar refractivity (Wildman–Crippen MR) is 54.6 cm³/mol. The smallest absolute Gasteiger partial charge is 0.247 e. The molecule has 0 aliphatic carbocycles. The van der Waals surface area contributed by atoms with Crippen LogP contribution in [0.2, 0.25) is 0 Å². The molecular weight excluding hydrogens is 228 g/mol. The van der Waals surface area contributed by atoms with Gasteiger partial charge in [0.25, 0.3) is 0 Å². The maximum Gasteiger partial charge on any atom is 0.247 e. The number of primary sulfonamides is 1. The predicted octanol–water partition coefficient (Wildman–Crippen LogP) is 1.20. The van der Waals surface area contributed by atoms with Gasteiger partial charge in [0.2, 0.25) is 10.0 Å². The van der Waals surface area contributed by atoms with Crippen LogP contribution in [0.1, 0.15) is 0 Å². The highest BCUT2D eigenvalue weighted by molar-refractivity contribution is 8.02. The lowest BCUT2D eigenvalue weighted by atomic mass is 10.5. The molecule has 7 heteroatoms. The lowest BCUT2D eigenvalue weighted by Crippen LogP contribution is -2.09. The summed E-state index contributed by atoms with van der Waals surface area (Å²) in [6.45, 7) is 0. The molecule has 2 N–H and O–H groups in total. The number of fused-ring (bicyclic) bond motifs is 1. The van der Waals surface area contributed by atoms with E-state index in [0.29, 0.717) is 5.69 Å². The number of nitrogens with two attached hydrogens (primary N) is 1. The summed E-state index contributed by atoms with van der Waals surface area (Å²) in [6, 6.07) is 1.51. The Bertz CT molecular complexity index is 460. The van der Waals surface area contributed by atoms with Gasteiger partial charge in [-0.1, -0.05) is 0 Å². The van der Waals surface area contributed by atoms with E-state index in [2.05, 4.69) is 4.99 Å². The van der Waals surface area contributed by atoms with Crippen molar-refractivity contribution in [3.05, 3.63) is 6.07 Å².